The molecule has 0 aliphatic rings. The summed E-state index contributed by atoms with van der Waals surface area (Å²) in [6, 6.07) is 14.2. The average molecular weight is 393 g/mol. The minimum atomic E-state index is -0.445. The normalized spacial score (nSPS) is 11.1. The van der Waals surface area contributed by atoms with Gasteiger partial charge in [-0.15, -0.1) is 11.3 Å². The zero-order chi connectivity index (χ0) is 20.1. The van der Waals surface area contributed by atoms with E-state index in [2.05, 4.69) is 36.3 Å². The number of rotatable bonds is 6. The Hall–Kier alpha value is -3.32. The summed E-state index contributed by atoms with van der Waals surface area (Å²) in [5.74, 6) is 0.203. The van der Waals surface area contributed by atoms with E-state index in [0.717, 1.165) is 11.1 Å². The maximum atomic E-state index is 12.1. The van der Waals surface area contributed by atoms with Crippen LogP contribution in [0.1, 0.15) is 30.9 Å². The quantitative estimate of drug-likeness (QED) is 0.341. The Kier molecular flexibility index (Phi) is 5.96. The Morgan fingerprint density at radius 1 is 1.14 bits per heavy atom. The van der Waals surface area contributed by atoms with Crippen LogP contribution in [0.4, 0.5) is 10.8 Å². The molecule has 142 valence electrons. The Bertz CT molecular complexity index is 1010. The highest BCUT2D eigenvalue weighted by atomic mass is 32.1. The Balaban J connectivity index is 1.62. The highest BCUT2D eigenvalue weighted by Crippen LogP contribution is 2.26. The highest BCUT2D eigenvalue weighted by molar-refractivity contribution is 7.14. The highest BCUT2D eigenvalue weighted by Gasteiger charge is 2.09. The number of thiazole rings is 1. The van der Waals surface area contributed by atoms with Gasteiger partial charge in [0.1, 0.15) is 0 Å². The number of carbonyl (C=O) groups is 1. The van der Waals surface area contributed by atoms with Crippen molar-refractivity contribution in [1.29, 1.82) is 0 Å². The molecule has 1 N–H and O–H groups in total. The van der Waals surface area contributed by atoms with E-state index in [0.29, 0.717) is 16.7 Å². The van der Waals surface area contributed by atoms with Gasteiger partial charge in [-0.1, -0.05) is 38.1 Å². The molecular formula is C21H19N3O3S. The molecule has 3 rings (SSSR count). The van der Waals surface area contributed by atoms with Gasteiger partial charge in [0.05, 0.1) is 10.6 Å². The third-order valence-corrected chi connectivity index (χ3v) is 4.90. The van der Waals surface area contributed by atoms with Crippen molar-refractivity contribution in [2.75, 3.05) is 5.32 Å². The first-order valence-electron chi connectivity index (χ1n) is 8.72. The van der Waals surface area contributed by atoms with Crippen molar-refractivity contribution in [2.45, 2.75) is 19.8 Å². The van der Waals surface area contributed by atoms with Crippen molar-refractivity contribution in [1.82, 2.24) is 4.98 Å². The summed E-state index contributed by atoms with van der Waals surface area (Å²) in [5.41, 5.74) is 3.64. The van der Waals surface area contributed by atoms with Crippen molar-refractivity contribution in [2.24, 2.45) is 0 Å². The summed E-state index contributed by atoms with van der Waals surface area (Å²) < 4.78 is 0. The summed E-state index contributed by atoms with van der Waals surface area (Å²) in [6.45, 7) is 4.27. The summed E-state index contributed by atoms with van der Waals surface area (Å²) in [6.07, 6.45) is 3.22. The second-order valence-corrected chi connectivity index (χ2v) is 7.34. The number of benzene rings is 2. The standard InChI is InChI=1S/C21H19N3O3S/c1-14(2)16-6-3-15(4-7-16)5-12-20(25)23-21-22-19(13-28-21)17-8-10-18(11-9-17)24(26)27/h3-14H,1-2H3,(H,22,23,25). The first kappa shape index (κ1) is 19.4. The molecule has 0 atom stereocenters. The minimum absolute atomic E-state index is 0.0269. The molecule has 0 aliphatic heterocycles. The SMILES string of the molecule is CC(C)c1ccc(C=CC(=O)Nc2nc(-c3ccc([N+](=O)[O-])cc3)cs2)cc1. The van der Waals surface area contributed by atoms with Crippen LogP contribution >= 0.6 is 11.3 Å². The van der Waals surface area contributed by atoms with Gasteiger partial charge < -0.3 is 0 Å². The molecule has 28 heavy (non-hydrogen) atoms. The number of hydrogen-bond acceptors (Lipinski definition) is 5. The lowest BCUT2D eigenvalue weighted by molar-refractivity contribution is -0.384. The summed E-state index contributed by atoms with van der Waals surface area (Å²) >= 11 is 1.30. The molecule has 0 fully saturated rings. The number of nitrogens with zero attached hydrogens (tertiary/aromatic N) is 2. The molecule has 0 spiro atoms. The molecule has 6 nitrogen and oxygen atoms in total. The number of carbonyl (C=O) groups excluding carboxylic acids is 1. The van der Waals surface area contributed by atoms with Crippen molar-refractivity contribution in [3.05, 3.63) is 81.2 Å². The van der Waals surface area contributed by atoms with Crippen LogP contribution in [0.2, 0.25) is 0 Å². The Labute approximate surface area is 166 Å². The fourth-order valence-electron chi connectivity index (χ4n) is 2.53. The van der Waals surface area contributed by atoms with Crippen LogP contribution in [-0.2, 0) is 4.79 Å². The van der Waals surface area contributed by atoms with E-state index in [1.165, 1.54) is 35.1 Å². The predicted octanol–water partition coefficient (Wildman–Crippen LogP) is 5.49. The third-order valence-electron chi connectivity index (χ3n) is 4.14. The van der Waals surface area contributed by atoms with Gasteiger partial charge in [-0.25, -0.2) is 4.98 Å². The molecule has 1 heterocycles. The van der Waals surface area contributed by atoms with Crippen LogP contribution in [0, 0.1) is 10.1 Å². The number of aromatic nitrogens is 1. The molecule has 0 unspecified atom stereocenters. The second-order valence-electron chi connectivity index (χ2n) is 6.49. The average Bonchev–Trinajstić information content (AvgIpc) is 3.15. The fourth-order valence-corrected chi connectivity index (χ4v) is 3.25. The summed E-state index contributed by atoms with van der Waals surface area (Å²) in [4.78, 5) is 26.8. The van der Waals surface area contributed by atoms with Gasteiger partial charge >= 0.3 is 0 Å². The largest absolute Gasteiger partial charge is 0.298 e. The molecular weight excluding hydrogens is 374 g/mol. The number of nitro benzene ring substituents is 1. The predicted molar refractivity (Wildman–Crippen MR) is 112 cm³/mol. The molecule has 0 radical (unpaired) electrons. The van der Waals surface area contributed by atoms with E-state index in [9.17, 15) is 14.9 Å². The smallest absolute Gasteiger partial charge is 0.269 e. The number of anilines is 1. The van der Waals surface area contributed by atoms with E-state index in [1.807, 2.05) is 12.1 Å². The third kappa shape index (κ3) is 4.89. The van der Waals surface area contributed by atoms with Crippen LogP contribution < -0.4 is 5.32 Å². The van der Waals surface area contributed by atoms with Crippen molar-refractivity contribution >= 4 is 34.1 Å². The lowest BCUT2D eigenvalue weighted by Crippen LogP contribution is -2.07. The fraction of sp³-hybridized carbons (Fsp3) is 0.143. The molecule has 2 aromatic carbocycles. The Morgan fingerprint density at radius 2 is 1.82 bits per heavy atom. The summed E-state index contributed by atoms with van der Waals surface area (Å²) in [5, 5.41) is 15.7. The van der Waals surface area contributed by atoms with Crippen LogP contribution in [0.15, 0.2) is 60.0 Å². The summed E-state index contributed by atoms with van der Waals surface area (Å²) in [7, 11) is 0. The van der Waals surface area contributed by atoms with E-state index in [4.69, 9.17) is 0 Å². The van der Waals surface area contributed by atoms with Crippen molar-refractivity contribution < 1.29 is 9.72 Å². The molecule has 0 aliphatic carbocycles. The lowest BCUT2D eigenvalue weighted by Gasteiger charge is -2.04. The lowest BCUT2D eigenvalue weighted by atomic mass is 10.0. The molecule has 3 aromatic rings. The van der Waals surface area contributed by atoms with Crippen molar-refractivity contribution in [3.8, 4) is 11.3 Å². The van der Waals surface area contributed by atoms with E-state index in [-0.39, 0.29) is 11.6 Å². The van der Waals surface area contributed by atoms with E-state index < -0.39 is 4.92 Å². The van der Waals surface area contributed by atoms with Crippen LogP contribution in [0.25, 0.3) is 17.3 Å². The van der Waals surface area contributed by atoms with Gasteiger partial charge in [-0.2, -0.15) is 0 Å². The monoisotopic (exact) mass is 393 g/mol. The molecule has 1 amide bonds. The molecule has 0 bridgehead atoms. The zero-order valence-electron chi connectivity index (χ0n) is 15.5. The number of nitro groups is 1. The molecule has 7 heteroatoms. The number of hydrogen-bond donors (Lipinski definition) is 1. The first-order valence-corrected chi connectivity index (χ1v) is 9.60. The molecule has 0 saturated carbocycles. The van der Waals surface area contributed by atoms with E-state index >= 15 is 0 Å². The van der Waals surface area contributed by atoms with Crippen LogP contribution in [0.3, 0.4) is 0 Å². The molecule has 1 aromatic heterocycles. The van der Waals surface area contributed by atoms with Crippen LogP contribution in [0.5, 0.6) is 0 Å². The maximum Gasteiger partial charge on any atom is 0.269 e. The van der Waals surface area contributed by atoms with E-state index in [1.54, 1.807) is 23.6 Å². The first-order chi connectivity index (χ1) is 13.4. The van der Waals surface area contributed by atoms with Gasteiger partial charge in [-0.05, 0) is 35.3 Å². The minimum Gasteiger partial charge on any atom is -0.298 e. The molecule has 0 saturated heterocycles. The van der Waals surface area contributed by atoms with Gasteiger partial charge in [0.2, 0.25) is 5.91 Å². The van der Waals surface area contributed by atoms with Gasteiger partial charge in [0.25, 0.3) is 5.69 Å². The zero-order valence-corrected chi connectivity index (χ0v) is 16.3. The Morgan fingerprint density at radius 3 is 2.43 bits per heavy atom. The van der Waals surface area contributed by atoms with Crippen molar-refractivity contribution in [3.63, 3.8) is 0 Å². The number of non-ortho nitro benzene ring substituents is 1. The van der Waals surface area contributed by atoms with Crippen LogP contribution in [-0.4, -0.2) is 15.8 Å². The van der Waals surface area contributed by atoms with Gasteiger partial charge in [-0.3, -0.25) is 20.2 Å². The number of nitrogens with one attached hydrogen (secondary N) is 1. The van der Waals surface area contributed by atoms with Gasteiger partial charge in [0, 0.05) is 29.2 Å². The maximum absolute atomic E-state index is 12.1. The number of amides is 1. The van der Waals surface area contributed by atoms with Gasteiger partial charge in [0.15, 0.2) is 5.13 Å². The topological polar surface area (TPSA) is 85.1 Å². The second kappa shape index (κ2) is 8.58.